The van der Waals surface area contributed by atoms with Gasteiger partial charge in [-0.15, -0.1) is 0 Å². The van der Waals surface area contributed by atoms with E-state index in [0.717, 1.165) is 18.7 Å². The van der Waals surface area contributed by atoms with Gasteiger partial charge in [-0.05, 0) is 37.6 Å². The lowest BCUT2D eigenvalue weighted by Crippen LogP contribution is -2.44. The highest BCUT2D eigenvalue weighted by Gasteiger charge is 2.21. The molecule has 1 aromatic rings. The standard InChI is InChI=1S/C13H17ClN2O/c1-9(11-4-2-3-5-12(11)14)16-13(17)6-10-7-15-8-10/h2-5,9-10,15H,6-8H2,1H3,(H,16,17). The van der Waals surface area contributed by atoms with Gasteiger partial charge in [-0.3, -0.25) is 4.79 Å². The van der Waals surface area contributed by atoms with Crippen LogP contribution in [0.4, 0.5) is 0 Å². The van der Waals surface area contributed by atoms with E-state index in [1.54, 1.807) is 0 Å². The van der Waals surface area contributed by atoms with E-state index >= 15 is 0 Å². The highest BCUT2D eigenvalue weighted by atomic mass is 35.5. The lowest BCUT2D eigenvalue weighted by molar-refractivity contribution is -0.123. The molecule has 0 aromatic heterocycles. The van der Waals surface area contributed by atoms with E-state index < -0.39 is 0 Å². The van der Waals surface area contributed by atoms with E-state index in [9.17, 15) is 4.79 Å². The van der Waals surface area contributed by atoms with Gasteiger partial charge in [0.15, 0.2) is 0 Å². The summed E-state index contributed by atoms with van der Waals surface area (Å²) < 4.78 is 0. The Kier molecular flexibility index (Phi) is 4.02. The molecule has 3 nitrogen and oxygen atoms in total. The summed E-state index contributed by atoms with van der Waals surface area (Å²) in [7, 11) is 0. The van der Waals surface area contributed by atoms with Crippen LogP contribution in [0.2, 0.25) is 5.02 Å². The minimum absolute atomic E-state index is 0.0377. The molecule has 1 amide bonds. The lowest BCUT2D eigenvalue weighted by Gasteiger charge is -2.27. The third-order valence-electron chi connectivity index (χ3n) is 3.09. The number of halogens is 1. The van der Waals surface area contributed by atoms with Gasteiger partial charge in [-0.25, -0.2) is 0 Å². The predicted octanol–water partition coefficient (Wildman–Crippen LogP) is 2.13. The highest BCUT2D eigenvalue weighted by molar-refractivity contribution is 6.31. The van der Waals surface area contributed by atoms with Gasteiger partial charge in [0.1, 0.15) is 0 Å². The average Bonchev–Trinajstić information content (AvgIpc) is 2.24. The van der Waals surface area contributed by atoms with Gasteiger partial charge in [-0.2, -0.15) is 0 Å². The predicted molar refractivity (Wildman–Crippen MR) is 69.0 cm³/mol. The minimum atomic E-state index is -0.0377. The zero-order valence-electron chi connectivity index (χ0n) is 9.87. The SMILES string of the molecule is CC(NC(=O)CC1CNC1)c1ccccc1Cl. The van der Waals surface area contributed by atoms with Crippen molar-refractivity contribution in [2.75, 3.05) is 13.1 Å². The van der Waals surface area contributed by atoms with Crippen molar-refractivity contribution in [1.82, 2.24) is 10.6 Å². The van der Waals surface area contributed by atoms with E-state index in [1.807, 2.05) is 31.2 Å². The van der Waals surface area contributed by atoms with Crippen LogP contribution in [0.3, 0.4) is 0 Å². The number of rotatable bonds is 4. The van der Waals surface area contributed by atoms with E-state index in [0.29, 0.717) is 17.4 Å². The second kappa shape index (κ2) is 5.52. The van der Waals surface area contributed by atoms with Crippen molar-refractivity contribution in [2.45, 2.75) is 19.4 Å². The summed E-state index contributed by atoms with van der Waals surface area (Å²) in [5.41, 5.74) is 0.967. The molecule has 2 N–H and O–H groups in total. The monoisotopic (exact) mass is 252 g/mol. The Hall–Kier alpha value is -1.06. The summed E-state index contributed by atoms with van der Waals surface area (Å²) in [6.07, 6.45) is 0.599. The number of hydrogen-bond acceptors (Lipinski definition) is 2. The fraction of sp³-hybridized carbons (Fsp3) is 0.462. The summed E-state index contributed by atoms with van der Waals surface area (Å²) in [6, 6.07) is 7.57. The lowest BCUT2D eigenvalue weighted by atomic mass is 9.98. The summed E-state index contributed by atoms with van der Waals surface area (Å²) in [6.45, 7) is 3.86. The van der Waals surface area contributed by atoms with E-state index in [-0.39, 0.29) is 11.9 Å². The van der Waals surface area contributed by atoms with Crippen molar-refractivity contribution < 1.29 is 4.79 Å². The average molecular weight is 253 g/mol. The van der Waals surface area contributed by atoms with Crippen molar-refractivity contribution in [2.24, 2.45) is 5.92 Å². The Labute approximate surface area is 107 Å². The Morgan fingerprint density at radius 3 is 2.82 bits per heavy atom. The van der Waals surface area contributed by atoms with Crippen LogP contribution in [0.5, 0.6) is 0 Å². The molecule has 1 aliphatic rings. The van der Waals surface area contributed by atoms with Gasteiger partial charge in [0.05, 0.1) is 6.04 Å². The van der Waals surface area contributed by atoms with E-state index in [2.05, 4.69) is 10.6 Å². The maximum Gasteiger partial charge on any atom is 0.220 e. The molecule has 0 radical (unpaired) electrons. The topological polar surface area (TPSA) is 41.1 Å². The highest BCUT2D eigenvalue weighted by Crippen LogP contribution is 2.22. The second-order valence-corrected chi connectivity index (χ2v) is 4.95. The maximum atomic E-state index is 11.8. The van der Waals surface area contributed by atoms with Gasteiger partial charge in [0.2, 0.25) is 5.91 Å². The molecule has 0 saturated carbocycles. The van der Waals surface area contributed by atoms with Crippen molar-refractivity contribution in [3.63, 3.8) is 0 Å². The number of carbonyl (C=O) groups is 1. The molecule has 1 aromatic carbocycles. The molecule has 2 rings (SSSR count). The summed E-state index contributed by atoms with van der Waals surface area (Å²) in [5.74, 6) is 0.595. The first-order valence-electron chi connectivity index (χ1n) is 5.91. The Balaban J connectivity index is 1.89. The molecule has 1 heterocycles. The van der Waals surface area contributed by atoms with Crippen molar-refractivity contribution in [1.29, 1.82) is 0 Å². The molecule has 1 atom stereocenters. The summed E-state index contributed by atoms with van der Waals surface area (Å²) in [4.78, 5) is 11.8. The fourth-order valence-corrected chi connectivity index (χ4v) is 2.26. The van der Waals surface area contributed by atoms with Crippen molar-refractivity contribution >= 4 is 17.5 Å². The third kappa shape index (κ3) is 3.20. The smallest absolute Gasteiger partial charge is 0.220 e. The molecular weight excluding hydrogens is 236 g/mol. The molecule has 0 aliphatic carbocycles. The first-order chi connectivity index (χ1) is 8.16. The molecule has 4 heteroatoms. The normalized spacial score (nSPS) is 17.3. The number of hydrogen-bond donors (Lipinski definition) is 2. The van der Waals surface area contributed by atoms with Gasteiger partial charge in [0, 0.05) is 11.4 Å². The molecule has 1 fully saturated rings. The molecular formula is C13H17ClN2O. The van der Waals surface area contributed by atoms with Crippen LogP contribution in [-0.2, 0) is 4.79 Å². The van der Waals surface area contributed by atoms with Crippen LogP contribution in [0.1, 0.15) is 24.9 Å². The molecule has 17 heavy (non-hydrogen) atoms. The number of carbonyl (C=O) groups excluding carboxylic acids is 1. The number of nitrogens with one attached hydrogen (secondary N) is 2. The quantitative estimate of drug-likeness (QED) is 0.862. The van der Waals surface area contributed by atoms with Gasteiger partial charge >= 0.3 is 0 Å². The van der Waals surface area contributed by atoms with Crippen LogP contribution in [0.25, 0.3) is 0 Å². The van der Waals surface area contributed by atoms with Crippen molar-refractivity contribution in [3.8, 4) is 0 Å². The number of benzene rings is 1. The zero-order chi connectivity index (χ0) is 12.3. The van der Waals surface area contributed by atoms with Crippen LogP contribution in [0, 0.1) is 5.92 Å². The molecule has 1 saturated heterocycles. The Morgan fingerprint density at radius 1 is 1.53 bits per heavy atom. The maximum absolute atomic E-state index is 11.8. The van der Waals surface area contributed by atoms with Gasteiger partial charge in [-0.1, -0.05) is 29.8 Å². The molecule has 1 unspecified atom stereocenters. The largest absolute Gasteiger partial charge is 0.350 e. The Bertz CT molecular complexity index is 404. The van der Waals surface area contributed by atoms with Crippen LogP contribution in [-0.4, -0.2) is 19.0 Å². The van der Waals surface area contributed by atoms with E-state index in [1.165, 1.54) is 0 Å². The van der Waals surface area contributed by atoms with Crippen molar-refractivity contribution in [3.05, 3.63) is 34.9 Å². The van der Waals surface area contributed by atoms with Crippen LogP contribution >= 0.6 is 11.6 Å². The first kappa shape index (κ1) is 12.4. The first-order valence-corrected chi connectivity index (χ1v) is 6.29. The zero-order valence-corrected chi connectivity index (χ0v) is 10.6. The van der Waals surface area contributed by atoms with Crippen LogP contribution in [0.15, 0.2) is 24.3 Å². The molecule has 1 aliphatic heterocycles. The number of amides is 1. The molecule has 92 valence electrons. The fourth-order valence-electron chi connectivity index (χ4n) is 1.96. The second-order valence-electron chi connectivity index (χ2n) is 4.54. The van der Waals surface area contributed by atoms with Gasteiger partial charge < -0.3 is 10.6 Å². The molecule has 0 bridgehead atoms. The third-order valence-corrected chi connectivity index (χ3v) is 3.43. The van der Waals surface area contributed by atoms with E-state index in [4.69, 9.17) is 11.6 Å². The molecule has 0 spiro atoms. The minimum Gasteiger partial charge on any atom is -0.350 e. The van der Waals surface area contributed by atoms with Crippen LogP contribution < -0.4 is 10.6 Å². The van der Waals surface area contributed by atoms with Gasteiger partial charge in [0.25, 0.3) is 0 Å². The Morgan fingerprint density at radius 2 is 2.24 bits per heavy atom. The summed E-state index contributed by atoms with van der Waals surface area (Å²) >= 11 is 6.09. The summed E-state index contributed by atoms with van der Waals surface area (Å²) in [5, 5.41) is 6.84.